The molecule has 1 atom stereocenters. The maximum Gasteiger partial charge on any atom is 0.258 e. The number of H-pyrrole nitrogens is 1. The minimum atomic E-state index is -0.208. The van der Waals surface area contributed by atoms with Gasteiger partial charge in [0.05, 0.1) is 5.56 Å². The van der Waals surface area contributed by atoms with Gasteiger partial charge in [0.1, 0.15) is 5.82 Å². The van der Waals surface area contributed by atoms with Crippen molar-refractivity contribution in [2.75, 3.05) is 0 Å². The molecule has 1 unspecified atom stereocenters. The number of nitrogens with zero attached hydrogens (tertiary/aromatic N) is 1. The van der Waals surface area contributed by atoms with Gasteiger partial charge in [-0.3, -0.25) is 4.79 Å². The van der Waals surface area contributed by atoms with Gasteiger partial charge in [0.2, 0.25) is 5.88 Å². The van der Waals surface area contributed by atoms with Crippen LogP contribution in [0.1, 0.15) is 57.3 Å². The van der Waals surface area contributed by atoms with Crippen LogP contribution in [0.5, 0.6) is 5.88 Å². The minimum absolute atomic E-state index is 0.0162. The number of hydrogen-bond acceptors (Lipinski definition) is 3. The van der Waals surface area contributed by atoms with E-state index in [1.807, 2.05) is 13.8 Å². The Morgan fingerprint density at radius 2 is 2.06 bits per heavy atom. The molecule has 1 aromatic rings. The van der Waals surface area contributed by atoms with E-state index in [-0.39, 0.29) is 28.7 Å². The first-order chi connectivity index (χ1) is 7.33. The zero-order valence-corrected chi connectivity index (χ0v) is 10.2. The van der Waals surface area contributed by atoms with Gasteiger partial charge in [0.25, 0.3) is 5.56 Å². The van der Waals surface area contributed by atoms with Crippen molar-refractivity contribution in [1.82, 2.24) is 9.97 Å². The summed E-state index contributed by atoms with van der Waals surface area (Å²) in [6, 6.07) is 0. The number of rotatable bonds is 2. The van der Waals surface area contributed by atoms with Gasteiger partial charge < -0.3 is 10.1 Å². The van der Waals surface area contributed by atoms with Gasteiger partial charge in [-0.1, -0.05) is 27.7 Å². The number of aromatic amines is 1. The topological polar surface area (TPSA) is 66.0 Å². The molecule has 0 spiro atoms. The van der Waals surface area contributed by atoms with E-state index in [1.54, 1.807) is 0 Å². The van der Waals surface area contributed by atoms with Crippen molar-refractivity contribution in [3.63, 3.8) is 0 Å². The first-order valence-electron chi connectivity index (χ1n) is 5.66. The van der Waals surface area contributed by atoms with Crippen molar-refractivity contribution >= 4 is 0 Å². The van der Waals surface area contributed by atoms with Gasteiger partial charge in [-0.05, 0) is 17.8 Å². The zero-order chi connectivity index (χ0) is 12.1. The highest BCUT2D eigenvalue weighted by molar-refractivity contribution is 5.28. The molecule has 4 heteroatoms. The molecule has 1 aliphatic carbocycles. The Labute approximate surface area is 94.7 Å². The molecule has 0 amide bonds. The fourth-order valence-corrected chi connectivity index (χ4v) is 2.11. The number of aromatic nitrogens is 2. The minimum Gasteiger partial charge on any atom is -0.493 e. The summed E-state index contributed by atoms with van der Waals surface area (Å²) in [5.41, 5.74) is 0.365. The largest absolute Gasteiger partial charge is 0.493 e. The molecule has 0 aliphatic heterocycles. The van der Waals surface area contributed by atoms with Crippen LogP contribution in [-0.2, 0) is 0 Å². The Balaban J connectivity index is 2.43. The molecule has 1 heterocycles. The normalized spacial score (nSPS) is 22.4. The molecular weight excluding hydrogens is 204 g/mol. The van der Waals surface area contributed by atoms with Crippen LogP contribution in [0, 0.1) is 5.41 Å². The Kier molecular flexibility index (Phi) is 2.33. The second-order valence-electron chi connectivity index (χ2n) is 5.59. The Bertz CT molecular complexity index is 474. The molecule has 0 aromatic carbocycles. The third-order valence-corrected chi connectivity index (χ3v) is 3.37. The number of nitrogens with one attached hydrogen (secondary N) is 1. The monoisotopic (exact) mass is 222 g/mol. The zero-order valence-electron chi connectivity index (χ0n) is 10.2. The molecule has 0 bridgehead atoms. The molecule has 2 rings (SSSR count). The fraction of sp³-hybridized carbons (Fsp3) is 0.667. The van der Waals surface area contributed by atoms with Gasteiger partial charge >= 0.3 is 0 Å². The average molecular weight is 222 g/mol. The van der Waals surface area contributed by atoms with Gasteiger partial charge in [0, 0.05) is 5.92 Å². The van der Waals surface area contributed by atoms with E-state index in [9.17, 15) is 9.90 Å². The van der Waals surface area contributed by atoms with Crippen molar-refractivity contribution in [1.29, 1.82) is 0 Å². The summed E-state index contributed by atoms with van der Waals surface area (Å²) in [7, 11) is 0. The van der Waals surface area contributed by atoms with Crippen molar-refractivity contribution in [3.8, 4) is 5.88 Å². The standard InChI is InChI=1S/C12H18N2O2/c1-6(2)8-10(15)13-9(14-11(8)16)7-5-12(7,3)4/h6-7H,5H2,1-4H3,(H2,13,14,15,16). The molecule has 1 aromatic heterocycles. The second kappa shape index (κ2) is 3.34. The van der Waals surface area contributed by atoms with Crippen molar-refractivity contribution < 1.29 is 5.11 Å². The summed E-state index contributed by atoms with van der Waals surface area (Å²) in [6.45, 7) is 8.00. The molecule has 16 heavy (non-hydrogen) atoms. The molecule has 1 fully saturated rings. The van der Waals surface area contributed by atoms with Gasteiger partial charge in [-0.25, -0.2) is 0 Å². The summed E-state index contributed by atoms with van der Waals surface area (Å²) in [4.78, 5) is 18.7. The van der Waals surface area contributed by atoms with Crippen LogP contribution in [-0.4, -0.2) is 15.1 Å². The van der Waals surface area contributed by atoms with E-state index in [2.05, 4.69) is 23.8 Å². The Morgan fingerprint density at radius 3 is 2.44 bits per heavy atom. The highest BCUT2D eigenvalue weighted by Crippen LogP contribution is 2.57. The van der Waals surface area contributed by atoms with E-state index in [0.29, 0.717) is 11.4 Å². The average Bonchev–Trinajstić information content (AvgIpc) is 2.73. The molecule has 2 N–H and O–H groups in total. The molecule has 0 radical (unpaired) electrons. The van der Waals surface area contributed by atoms with Crippen molar-refractivity contribution in [2.24, 2.45) is 5.41 Å². The molecule has 1 saturated carbocycles. The fourth-order valence-electron chi connectivity index (χ4n) is 2.11. The summed E-state index contributed by atoms with van der Waals surface area (Å²) in [5.74, 6) is 0.762. The predicted molar refractivity (Wildman–Crippen MR) is 61.8 cm³/mol. The Hall–Kier alpha value is -1.32. The first-order valence-corrected chi connectivity index (χ1v) is 5.66. The summed E-state index contributed by atoms with van der Waals surface area (Å²) >= 11 is 0. The number of hydrogen-bond donors (Lipinski definition) is 2. The van der Waals surface area contributed by atoms with Crippen LogP contribution in [0.15, 0.2) is 4.79 Å². The lowest BCUT2D eigenvalue weighted by Crippen LogP contribution is -2.18. The molecule has 1 aliphatic rings. The van der Waals surface area contributed by atoms with Gasteiger partial charge in [-0.2, -0.15) is 4.98 Å². The van der Waals surface area contributed by atoms with E-state index in [0.717, 1.165) is 6.42 Å². The maximum atomic E-state index is 11.8. The van der Waals surface area contributed by atoms with Gasteiger partial charge in [-0.15, -0.1) is 0 Å². The molecule has 0 saturated heterocycles. The first kappa shape index (κ1) is 11.2. The lowest BCUT2D eigenvalue weighted by Gasteiger charge is -2.09. The SMILES string of the molecule is CC(C)c1c(O)nc(C2CC2(C)C)[nH]c1=O. The van der Waals surface area contributed by atoms with E-state index < -0.39 is 0 Å². The van der Waals surface area contributed by atoms with Crippen LogP contribution in [0.2, 0.25) is 0 Å². The lowest BCUT2D eigenvalue weighted by molar-refractivity contribution is 0.434. The van der Waals surface area contributed by atoms with Gasteiger partial charge in [0.15, 0.2) is 0 Å². The third-order valence-electron chi connectivity index (χ3n) is 3.37. The van der Waals surface area contributed by atoms with Crippen molar-refractivity contribution in [2.45, 2.75) is 46.0 Å². The van der Waals surface area contributed by atoms with E-state index in [4.69, 9.17) is 0 Å². The predicted octanol–water partition coefficient (Wildman–Crippen LogP) is 2.11. The molecule has 4 nitrogen and oxygen atoms in total. The lowest BCUT2D eigenvalue weighted by atomic mass is 10.1. The Morgan fingerprint density at radius 1 is 1.50 bits per heavy atom. The van der Waals surface area contributed by atoms with Crippen LogP contribution < -0.4 is 5.56 Å². The number of aromatic hydroxyl groups is 1. The summed E-state index contributed by atoms with van der Waals surface area (Å²) in [5, 5.41) is 9.76. The third kappa shape index (κ3) is 1.72. The van der Waals surface area contributed by atoms with Crippen LogP contribution in [0.4, 0.5) is 0 Å². The highest BCUT2D eigenvalue weighted by atomic mass is 16.3. The van der Waals surface area contributed by atoms with Crippen LogP contribution in [0.25, 0.3) is 0 Å². The highest BCUT2D eigenvalue weighted by Gasteiger charge is 2.48. The van der Waals surface area contributed by atoms with E-state index in [1.165, 1.54) is 0 Å². The van der Waals surface area contributed by atoms with Crippen LogP contribution in [0.3, 0.4) is 0 Å². The second-order valence-corrected chi connectivity index (χ2v) is 5.59. The van der Waals surface area contributed by atoms with Crippen LogP contribution >= 0.6 is 0 Å². The van der Waals surface area contributed by atoms with E-state index >= 15 is 0 Å². The maximum absolute atomic E-state index is 11.8. The summed E-state index contributed by atoms with van der Waals surface area (Å²) < 4.78 is 0. The summed E-state index contributed by atoms with van der Waals surface area (Å²) in [6.07, 6.45) is 1.01. The quantitative estimate of drug-likeness (QED) is 0.805. The van der Waals surface area contributed by atoms with Crippen molar-refractivity contribution in [3.05, 3.63) is 21.7 Å². The molecule has 88 valence electrons. The smallest absolute Gasteiger partial charge is 0.258 e. The molecular formula is C12H18N2O2.